The monoisotopic (exact) mass is 418 g/mol. The number of hydrogen-bond donors (Lipinski definition) is 2. The molecular formula is C18H16Cl2N6O2. The van der Waals surface area contributed by atoms with E-state index < -0.39 is 11.6 Å². The molecule has 0 radical (unpaired) electrons. The molecule has 0 bridgehead atoms. The molecule has 3 aromatic rings. The summed E-state index contributed by atoms with van der Waals surface area (Å²) >= 11 is 12.0. The zero-order valence-corrected chi connectivity index (χ0v) is 16.5. The Kier molecular flexibility index (Phi) is 5.91. The zero-order chi connectivity index (χ0) is 20.3. The van der Waals surface area contributed by atoms with Crippen LogP contribution < -0.4 is 16.2 Å². The molecule has 0 fully saturated rings. The summed E-state index contributed by atoms with van der Waals surface area (Å²) in [5.74, 6) is 0. The molecule has 2 N–H and O–H groups in total. The van der Waals surface area contributed by atoms with Gasteiger partial charge in [-0.05, 0) is 31.5 Å². The van der Waals surface area contributed by atoms with Crippen molar-refractivity contribution in [3.05, 3.63) is 62.9 Å². The fourth-order valence-corrected chi connectivity index (χ4v) is 2.94. The first-order chi connectivity index (χ1) is 13.4. The Hall–Kier alpha value is -2.97. The molecule has 0 saturated carbocycles. The molecule has 0 spiro atoms. The first kappa shape index (κ1) is 19.8. The SMILES string of the molecule is CCn1nc(-c2cncc(C)c2)cc(NC(=O)Nc2c(Cl)cncc2Cl)c1=O. The lowest BCUT2D eigenvalue weighted by atomic mass is 10.1. The second-order valence-corrected chi connectivity index (χ2v) is 6.69. The fraction of sp³-hybridized carbons (Fsp3) is 0.167. The van der Waals surface area contributed by atoms with Crippen molar-refractivity contribution in [2.24, 2.45) is 0 Å². The van der Waals surface area contributed by atoms with Gasteiger partial charge in [0, 0.05) is 36.9 Å². The van der Waals surface area contributed by atoms with Gasteiger partial charge in [-0.25, -0.2) is 9.48 Å². The summed E-state index contributed by atoms with van der Waals surface area (Å²) in [5, 5.41) is 9.73. The number of rotatable bonds is 4. The second kappa shape index (κ2) is 8.37. The molecule has 0 aliphatic heterocycles. The van der Waals surface area contributed by atoms with E-state index in [1.807, 2.05) is 13.0 Å². The normalized spacial score (nSPS) is 10.6. The molecule has 3 aromatic heterocycles. The number of hydrogen-bond acceptors (Lipinski definition) is 5. The van der Waals surface area contributed by atoms with Gasteiger partial charge in [0.05, 0.1) is 21.4 Å². The van der Waals surface area contributed by atoms with Crippen LogP contribution in [0.3, 0.4) is 0 Å². The number of halogens is 2. The summed E-state index contributed by atoms with van der Waals surface area (Å²) in [6.07, 6.45) is 6.05. The van der Waals surface area contributed by atoms with E-state index in [0.717, 1.165) is 11.1 Å². The van der Waals surface area contributed by atoms with E-state index in [9.17, 15) is 9.59 Å². The molecule has 0 aromatic carbocycles. The molecule has 3 heterocycles. The first-order valence-corrected chi connectivity index (χ1v) is 9.05. The summed E-state index contributed by atoms with van der Waals surface area (Å²) in [5.41, 5.74) is 2.01. The minimum atomic E-state index is -0.672. The highest BCUT2D eigenvalue weighted by Crippen LogP contribution is 2.28. The van der Waals surface area contributed by atoms with Crippen molar-refractivity contribution in [3.63, 3.8) is 0 Å². The molecule has 0 saturated heterocycles. The van der Waals surface area contributed by atoms with Gasteiger partial charge in [0.25, 0.3) is 5.56 Å². The third-order valence-electron chi connectivity index (χ3n) is 3.78. The van der Waals surface area contributed by atoms with Crippen LogP contribution in [0, 0.1) is 6.92 Å². The number of anilines is 2. The molecule has 0 aliphatic rings. The van der Waals surface area contributed by atoms with Crippen LogP contribution in [0.5, 0.6) is 0 Å². The lowest BCUT2D eigenvalue weighted by Crippen LogP contribution is -2.29. The average molecular weight is 419 g/mol. The molecule has 10 heteroatoms. The van der Waals surface area contributed by atoms with Crippen LogP contribution in [0.25, 0.3) is 11.3 Å². The number of nitrogens with one attached hydrogen (secondary N) is 2. The molecule has 144 valence electrons. The summed E-state index contributed by atoms with van der Waals surface area (Å²) in [6.45, 7) is 4.03. The van der Waals surface area contributed by atoms with Crippen LogP contribution in [0.15, 0.2) is 41.7 Å². The quantitative estimate of drug-likeness (QED) is 0.666. The molecular weight excluding hydrogens is 403 g/mol. The van der Waals surface area contributed by atoms with Gasteiger partial charge >= 0.3 is 6.03 Å². The summed E-state index contributed by atoms with van der Waals surface area (Å²) < 4.78 is 1.26. The molecule has 0 aliphatic carbocycles. The maximum atomic E-state index is 12.6. The van der Waals surface area contributed by atoms with Crippen molar-refractivity contribution in [1.82, 2.24) is 19.7 Å². The van der Waals surface area contributed by atoms with Crippen molar-refractivity contribution >= 4 is 40.6 Å². The highest BCUT2D eigenvalue weighted by atomic mass is 35.5. The molecule has 28 heavy (non-hydrogen) atoms. The third kappa shape index (κ3) is 4.29. The van der Waals surface area contributed by atoms with E-state index in [1.54, 1.807) is 19.3 Å². The molecule has 0 atom stereocenters. The standard InChI is InChI=1S/C18H16Cl2N6O2/c1-3-26-17(27)15(5-14(25-26)11-4-10(2)6-21-7-11)23-18(28)24-16-12(19)8-22-9-13(16)20/h4-9H,3H2,1-2H3,(H2,22,23,24,28). The van der Waals surface area contributed by atoms with Crippen LogP contribution in [0.4, 0.5) is 16.2 Å². The zero-order valence-electron chi connectivity index (χ0n) is 15.0. The molecule has 3 rings (SSSR count). The number of aryl methyl sites for hydroxylation is 2. The predicted molar refractivity (Wildman–Crippen MR) is 109 cm³/mol. The van der Waals surface area contributed by atoms with Gasteiger partial charge in [0.2, 0.25) is 0 Å². The Balaban J connectivity index is 1.94. The van der Waals surface area contributed by atoms with Crippen LogP contribution in [-0.4, -0.2) is 25.8 Å². The van der Waals surface area contributed by atoms with Crippen LogP contribution in [0.1, 0.15) is 12.5 Å². The van der Waals surface area contributed by atoms with Crippen molar-refractivity contribution in [2.45, 2.75) is 20.4 Å². The summed E-state index contributed by atoms with van der Waals surface area (Å²) in [6, 6.07) is 2.72. The van der Waals surface area contributed by atoms with Gasteiger partial charge < -0.3 is 10.6 Å². The molecule has 2 amide bonds. The summed E-state index contributed by atoms with van der Waals surface area (Å²) in [4.78, 5) is 32.9. The maximum absolute atomic E-state index is 12.6. The van der Waals surface area contributed by atoms with Gasteiger partial charge in [-0.3, -0.25) is 14.8 Å². The third-order valence-corrected chi connectivity index (χ3v) is 4.36. The van der Waals surface area contributed by atoms with E-state index in [1.165, 1.54) is 23.1 Å². The van der Waals surface area contributed by atoms with E-state index in [4.69, 9.17) is 23.2 Å². The number of pyridine rings is 2. The number of carbonyl (C=O) groups excluding carboxylic acids is 1. The van der Waals surface area contributed by atoms with Crippen LogP contribution >= 0.6 is 23.2 Å². The fourth-order valence-electron chi connectivity index (χ4n) is 2.48. The van der Waals surface area contributed by atoms with E-state index in [0.29, 0.717) is 12.2 Å². The molecule has 0 unspecified atom stereocenters. The first-order valence-electron chi connectivity index (χ1n) is 8.30. The van der Waals surface area contributed by atoms with Crippen molar-refractivity contribution in [3.8, 4) is 11.3 Å². The Morgan fingerprint density at radius 3 is 2.39 bits per heavy atom. The van der Waals surface area contributed by atoms with E-state index >= 15 is 0 Å². The Morgan fingerprint density at radius 2 is 1.75 bits per heavy atom. The van der Waals surface area contributed by atoms with Gasteiger partial charge in [0.1, 0.15) is 5.69 Å². The minimum Gasteiger partial charge on any atom is -0.305 e. The number of aromatic nitrogens is 4. The van der Waals surface area contributed by atoms with Crippen molar-refractivity contribution in [1.29, 1.82) is 0 Å². The topological polar surface area (TPSA) is 102 Å². The highest BCUT2D eigenvalue weighted by Gasteiger charge is 2.15. The number of nitrogens with zero attached hydrogens (tertiary/aromatic N) is 4. The van der Waals surface area contributed by atoms with Gasteiger partial charge in [-0.1, -0.05) is 23.2 Å². The number of amides is 2. The lowest BCUT2D eigenvalue weighted by molar-refractivity contribution is 0.262. The van der Waals surface area contributed by atoms with E-state index in [-0.39, 0.29) is 21.4 Å². The smallest absolute Gasteiger partial charge is 0.305 e. The highest BCUT2D eigenvalue weighted by molar-refractivity contribution is 6.39. The van der Waals surface area contributed by atoms with Crippen LogP contribution in [-0.2, 0) is 6.54 Å². The molecule has 8 nitrogen and oxygen atoms in total. The maximum Gasteiger partial charge on any atom is 0.323 e. The predicted octanol–water partition coefficient (Wildman–Crippen LogP) is 3.98. The average Bonchev–Trinajstić information content (AvgIpc) is 2.66. The summed E-state index contributed by atoms with van der Waals surface area (Å²) in [7, 11) is 0. The minimum absolute atomic E-state index is 0.0622. The Bertz CT molecular complexity index is 1080. The van der Waals surface area contributed by atoms with Crippen LogP contribution in [0.2, 0.25) is 10.0 Å². The van der Waals surface area contributed by atoms with Crippen molar-refractivity contribution < 1.29 is 4.79 Å². The lowest BCUT2D eigenvalue weighted by Gasteiger charge is -2.12. The Morgan fingerprint density at radius 1 is 1.07 bits per heavy atom. The number of carbonyl (C=O) groups is 1. The van der Waals surface area contributed by atoms with E-state index in [2.05, 4.69) is 25.7 Å². The Labute approximate surface area is 170 Å². The van der Waals surface area contributed by atoms with Gasteiger partial charge in [-0.2, -0.15) is 5.10 Å². The van der Waals surface area contributed by atoms with Crippen molar-refractivity contribution in [2.75, 3.05) is 10.6 Å². The largest absolute Gasteiger partial charge is 0.323 e. The number of urea groups is 1. The second-order valence-electron chi connectivity index (χ2n) is 5.87. The van der Waals surface area contributed by atoms with Gasteiger partial charge in [-0.15, -0.1) is 0 Å². The van der Waals surface area contributed by atoms with Gasteiger partial charge in [0.15, 0.2) is 0 Å².